The Morgan fingerprint density at radius 2 is 2.00 bits per heavy atom. The van der Waals surface area contributed by atoms with Crippen LogP contribution in [0.4, 0.5) is 0 Å². The minimum atomic E-state index is -0.547. The molecule has 0 fully saturated rings. The van der Waals surface area contributed by atoms with Crippen LogP contribution in [0.15, 0.2) is 47.6 Å². The Bertz CT molecular complexity index is 1100. The summed E-state index contributed by atoms with van der Waals surface area (Å²) >= 11 is 13.5. The molecule has 1 aromatic heterocycles. The van der Waals surface area contributed by atoms with E-state index in [9.17, 15) is 10.1 Å². The van der Waals surface area contributed by atoms with E-state index in [-0.39, 0.29) is 18.1 Å². The van der Waals surface area contributed by atoms with Crippen molar-refractivity contribution >= 4 is 35.0 Å². The molecule has 3 aromatic rings. The van der Waals surface area contributed by atoms with Crippen molar-refractivity contribution in [3.05, 3.63) is 74.0 Å². The lowest BCUT2D eigenvalue weighted by Gasteiger charge is -2.15. The number of rotatable bonds is 8. The maximum Gasteiger partial charge on any atom is 0.220 e. The van der Waals surface area contributed by atoms with Crippen LogP contribution in [0.2, 0.25) is 10.0 Å². The van der Waals surface area contributed by atoms with Gasteiger partial charge in [0, 0.05) is 15.6 Å². The van der Waals surface area contributed by atoms with Crippen molar-refractivity contribution in [2.45, 2.75) is 17.3 Å². The van der Waals surface area contributed by atoms with Crippen LogP contribution >= 0.6 is 35.0 Å². The van der Waals surface area contributed by atoms with Crippen molar-refractivity contribution < 1.29 is 9.66 Å². The van der Waals surface area contributed by atoms with Crippen LogP contribution in [-0.4, -0.2) is 32.8 Å². The van der Waals surface area contributed by atoms with Crippen LogP contribution in [0.25, 0.3) is 5.69 Å². The minimum absolute atomic E-state index is 0.0790. The van der Waals surface area contributed by atoms with Crippen molar-refractivity contribution in [3.8, 4) is 23.8 Å². The number of nitro groups is 1. The van der Waals surface area contributed by atoms with E-state index in [1.165, 1.54) is 11.8 Å². The molecule has 7 nitrogen and oxygen atoms in total. The highest BCUT2D eigenvalue weighted by Gasteiger charge is 2.24. The maximum absolute atomic E-state index is 11.3. The molecule has 10 heteroatoms. The molecule has 0 bridgehead atoms. The minimum Gasteiger partial charge on any atom is -0.479 e. The van der Waals surface area contributed by atoms with Gasteiger partial charge in [0.25, 0.3) is 0 Å². The number of ether oxygens (including phenoxy) is 1. The molecule has 0 saturated carbocycles. The third-order valence-electron chi connectivity index (χ3n) is 4.08. The van der Waals surface area contributed by atoms with Gasteiger partial charge in [0.05, 0.1) is 5.02 Å². The number of hydrogen-bond acceptors (Lipinski definition) is 6. The SMILES string of the molecule is C#CCOc1ccc([C@@H](C[N+](=O)[O-])Sc2nnc(C)n2-c2ccc(Cl)cc2)cc1Cl. The Morgan fingerprint density at radius 3 is 2.63 bits per heavy atom. The van der Waals surface area contributed by atoms with Gasteiger partial charge in [-0.15, -0.1) is 16.6 Å². The fourth-order valence-corrected chi connectivity index (χ4v) is 4.27. The molecule has 154 valence electrons. The topological polar surface area (TPSA) is 83.1 Å². The quantitative estimate of drug-likeness (QED) is 0.202. The summed E-state index contributed by atoms with van der Waals surface area (Å²) in [6, 6.07) is 12.2. The van der Waals surface area contributed by atoms with Gasteiger partial charge in [0.1, 0.15) is 23.4 Å². The van der Waals surface area contributed by atoms with Crippen LogP contribution in [0.1, 0.15) is 16.6 Å². The second-order valence-electron chi connectivity index (χ2n) is 6.15. The third kappa shape index (κ3) is 5.25. The Morgan fingerprint density at radius 1 is 1.27 bits per heavy atom. The Balaban J connectivity index is 1.93. The first-order valence-corrected chi connectivity index (χ1v) is 10.3. The van der Waals surface area contributed by atoms with Gasteiger partial charge in [-0.1, -0.05) is 47.0 Å². The molecule has 3 rings (SSSR count). The smallest absolute Gasteiger partial charge is 0.220 e. The highest BCUT2D eigenvalue weighted by Crippen LogP contribution is 2.38. The zero-order chi connectivity index (χ0) is 21.7. The van der Waals surface area contributed by atoms with Gasteiger partial charge < -0.3 is 4.74 Å². The van der Waals surface area contributed by atoms with E-state index in [0.717, 1.165) is 5.69 Å². The number of terminal acetylenes is 1. The summed E-state index contributed by atoms with van der Waals surface area (Å²) in [5.41, 5.74) is 1.47. The summed E-state index contributed by atoms with van der Waals surface area (Å²) in [7, 11) is 0. The zero-order valence-corrected chi connectivity index (χ0v) is 18.1. The van der Waals surface area contributed by atoms with Gasteiger partial charge in [-0.05, 0) is 48.9 Å². The van der Waals surface area contributed by atoms with E-state index in [0.29, 0.717) is 32.3 Å². The molecular weight excluding hydrogens is 447 g/mol. The predicted octanol–water partition coefficient (Wildman–Crippen LogP) is 5.00. The van der Waals surface area contributed by atoms with Crippen molar-refractivity contribution in [2.24, 2.45) is 0 Å². The monoisotopic (exact) mass is 462 g/mol. The average molecular weight is 463 g/mol. The number of hydrogen-bond donors (Lipinski definition) is 0. The van der Waals surface area contributed by atoms with Crippen molar-refractivity contribution in [3.63, 3.8) is 0 Å². The number of benzene rings is 2. The molecule has 0 aliphatic carbocycles. The lowest BCUT2D eigenvalue weighted by Crippen LogP contribution is -2.11. The van der Waals surface area contributed by atoms with Gasteiger partial charge in [0.15, 0.2) is 5.16 Å². The molecule has 0 amide bonds. The standard InChI is InChI=1S/C20H16Cl2N4O3S/c1-3-10-29-18-9-4-14(11-17(18)22)19(12-25(27)28)30-20-24-23-13(2)26(20)16-7-5-15(21)6-8-16/h1,4-9,11,19H,10,12H2,2H3/t19-/m1/s1. The molecule has 0 aliphatic heterocycles. The number of halogens is 2. The van der Waals surface area contributed by atoms with Gasteiger partial charge >= 0.3 is 0 Å². The molecule has 1 heterocycles. The van der Waals surface area contributed by atoms with Gasteiger partial charge in [-0.3, -0.25) is 14.7 Å². The van der Waals surface area contributed by atoms with Crippen LogP contribution in [0.5, 0.6) is 5.75 Å². The number of aryl methyl sites for hydroxylation is 1. The molecule has 0 saturated heterocycles. The maximum atomic E-state index is 11.3. The fraction of sp³-hybridized carbons (Fsp3) is 0.200. The van der Waals surface area contributed by atoms with E-state index < -0.39 is 5.25 Å². The normalized spacial score (nSPS) is 11.7. The molecule has 0 aliphatic rings. The van der Waals surface area contributed by atoms with Crippen molar-refractivity contribution in [2.75, 3.05) is 13.2 Å². The molecule has 0 N–H and O–H groups in total. The average Bonchev–Trinajstić information content (AvgIpc) is 3.07. The van der Waals surface area contributed by atoms with E-state index in [2.05, 4.69) is 16.1 Å². The number of aromatic nitrogens is 3. The van der Waals surface area contributed by atoms with Crippen LogP contribution in [0.3, 0.4) is 0 Å². The summed E-state index contributed by atoms with van der Waals surface area (Å²) in [6.07, 6.45) is 5.20. The summed E-state index contributed by atoms with van der Waals surface area (Å²) < 4.78 is 7.18. The molecule has 0 radical (unpaired) electrons. The second kappa shape index (κ2) is 9.85. The molecular formula is C20H16Cl2N4O3S. The fourth-order valence-electron chi connectivity index (χ4n) is 2.73. The van der Waals surface area contributed by atoms with Gasteiger partial charge in [0.2, 0.25) is 6.54 Å². The lowest BCUT2D eigenvalue weighted by atomic mass is 10.1. The highest BCUT2D eigenvalue weighted by molar-refractivity contribution is 7.99. The van der Waals surface area contributed by atoms with Gasteiger partial charge in [-0.25, -0.2) is 0 Å². The lowest BCUT2D eigenvalue weighted by molar-refractivity contribution is -0.479. The molecule has 2 aromatic carbocycles. The van der Waals surface area contributed by atoms with E-state index in [1.54, 1.807) is 30.3 Å². The second-order valence-corrected chi connectivity index (χ2v) is 8.16. The summed E-state index contributed by atoms with van der Waals surface area (Å²) in [5, 5.41) is 20.6. The van der Waals surface area contributed by atoms with Crippen molar-refractivity contribution in [1.82, 2.24) is 14.8 Å². The first-order chi connectivity index (χ1) is 14.4. The molecule has 1 atom stereocenters. The largest absolute Gasteiger partial charge is 0.479 e. The first kappa shape index (κ1) is 22.0. The summed E-state index contributed by atoms with van der Waals surface area (Å²) in [6.45, 7) is 1.57. The summed E-state index contributed by atoms with van der Waals surface area (Å²) in [5.74, 6) is 3.44. The van der Waals surface area contributed by atoms with E-state index in [4.69, 9.17) is 34.4 Å². The highest BCUT2D eigenvalue weighted by atomic mass is 35.5. The van der Waals surface area contributed by atoms with E-state index in [1.807, 2.05) is 23.6 Å². The van der Waals surface area contributed by atoms with Crippen molar-refractivity contribution in [1.29, 1.82) is 0 Å². The van der Waals surface area contributed by atoms with Crippen LogP contribution < -0.4 is 4.74 Å². The molecule has 30 heavy (non-hydrogen) atoms. The Hall–Kier alpha value is -2.73. The molecule has 0 unspecified atom stereocenters. The van der Waals surface area contributed by atoms with Crippen LogP contribution in [0, 0.1) is 29.4 Å². The first-order valence-electron chi connectivity index (χ1n) is 8.71. The molecule has 0 spiro atoms. The van der Waals surface area contributed by atoms with E-state index >= 15 is 0 Å². The predicted molar refractivity (Wildman–Crippen MR) is 117 cm³/mol. The third-order valence-corrected chi connectivity index (χ3v) is 5.81. The Labute approximate surface area is 187 Å². The number of thioether (sulfide) groups is 1. The number of nitrogens with zero attached hydrogens (tertiary/aromatic N) is 4. The Kier molecular flexibility index (Phi) is 7.21. The van der Waals surface area contributed by atoms with Crippen LogP contribution in [-0.2, 0) is 0 Å². The summed E-state index contributed by atoms with van der Waals surface area (Å²) in [4.78, 5) is 10.9. The van der Waals surface area contributed by atoms with Gasteiger partial charge in [-0.2, -0.15) is 0 Å². The zero-order valence-electron chi connectivity index (χ0n) is 15.8.